The molecule has 0 fully saturated rings. The zero-order valence-corrected chi connectivity index (χ0v) is 20.9. The van der Waals surface area contributed by atoms with E-state index >= 15 is 0 Å². The number of rotatable bonds is 6. The van der Waals surface area contributed by atoms with Gasteiger partial charge < -0.3 is 14.5 Å². The quantitative estimate of drug-likeness (QED) is 0.329. The Balaban J connectivity index is 1.50. The SMILES string of the molecule is CCOC(=O)c1ccc(NC(=O)c2oc3c(c2C)/C(=N/NC(=O)c2ccc(Br)cc2)CCC3)cc1. The van der Waals surface area contributed by atoms with Gasteiger partial charge in [0.2, 0.25) is 0 Å². The third-order valence-electron chi connectivity index (χ3n) is 5.58. The Labute approximate surface area is 210 Å². The number of fused-ring (bicyclic) bond motifs is 1. The fourth-order valence-corrected chi connectivity index (χ4v) is 4.14. The normalized spacial score (nSPS) is 13.7. The van der Waals surface area contributed by atoms with Crippen LogP contribution in [0.4, 0.5) is 5.69 Å². The van der Waals surface area contributed by atoms with Gasteiger partial charge >= 0.3 is 5.97 Å². The molecule has 9 heteroatoms. The van der Waals surface area contributed by atoms with Crippen molar-refractivity contribution in [3.05, 3.63) is 86.8 Å². The van der Waals surface area contributed by atoms with Gasteiger partial charge in [-0.25, -0.2) is 10.2 Å². The molecular weight excluding hydrogens is 514 g/mol. The number of furan rings is 1. The molecule has 1 aromatic heterocycles. The van der Waals surface area contributed by atoms with E-state index in [1.54, 1.807) is 62.4 Å². The Hall–Kier alpha value is -3.72. The minimum absolute atomic E-state index is 0.193. The maximum absolute atomic E-state index is 12.9. The highest BCUT2D eigenvalue weighted by Crippen LogP contribution is 2.30. The molecule has 8 nitrogen and oxygen atoms in total. The van der Waals surface area contributed by atoms with E-state index in [0.717, 1.165) is 16.5 Å². The number of nitrogens with one attached hydrogen (secondary N) is 2. The number of esters is 1. The molecule has 3 aromatic rings. The number of ether oxygens (including phenoxy) is 1. The highest BCUT2D eigenvalue weighted by atomic mass is 79.9. The predicted molar refractivity (Wildman–Crippen MR) is 135 cm³/mol. The van der Waals surface area contributed by atoms with Crippen molar-refractivity contribution < 1.29 is 23.5 Å². The van der Waals surface area contributed by atoms with Crippen molar-refractivity contribution in [3.63, 3.8) is 0 Å². The van der Waals surface area contributed by atoms with Crippen LogP contribution in [0.15, 0.2) is 62.5 Å². The summed E-state index contributed by atoms with van der Waals surface area (Å²) >= 11 is 3.35. The highest BCUT2D eigenvalue weighted by Gasteiger charge is 2.28. The van der Waals surface area contributed by atoms with Crippen molar-refractivity contribution in [2.45, 2.75) is 33.1 Å². The van der Waals surface area contributed by atoms with Crippen LogP contribution in [-0.4, -0.2) is 30.1 Å². The average Bonchev–Trinajstić information content (AvgIpc) is 3.20. The third-order valence-corrected chi connectivity index (χ3v) is 6.11. The fraction of sp³-hybridized carbons (Fsp3) is 0.231. The van der Waals surface area contributed by atoms with Gasteiger partial charge in [0.15, 0.2) is 5.76 Å². The Kier molecular flexibility index (Phi) is 7.45. The van der Waals surface area contributed by atoms with Crippen molar-refractivity contribution >= 4 is 45.1 Å². The van der Waals surface area contributed by atoms with E-state index in [1.165, 1.54) is 0 Å². The van der Waals surface area contributed by atoms with Gasteiger partial charge in [0.1, 0.15) is 5.76 Å². The summed E-state index contributed by atoms with van der Waals surface area (Å²) in [4.78, 5) is 37.2. The smallest absolute Gasteiger partial charge is 0.338 e. The second-order valence-electron chi connectivity index (χ2n) is 7.97. The molecule has 4 rings (SSSR count). The van der Waals surface area contributed by atoms with Gasteiger partial charge in [0.25, 0.3) is 11.8 Å². The Morgan fingerprint density at radius 2 is 1.69 bits per heavy atom. The molecule has 180 valence electrons. The molecule has 0 radical (unpaired) electrons. The number of hydrogen-bond acceptors (Lipinski definition) is 6. The summed E-state index contributed by atoms with van der Waals surface area (Å²) in [5.41, 5.74) is 6.13. The van der Waals surface area contributed by atoms with E-state index in [1.807, 2.05) is 0 Å². The largest absolute Gasteiger partial charge is 0.462 e. The first-order valence-electron chi connectivity index (χ1n) is 11.2. The Morgan fingerprint density at radius 1 is 1.00 bits per heavy atom. The molecule has 1 aliphatic rings. The number of anilines is 1. The summed E-state index contributed by atoms with van der Waals surface area (Å²) in [5, 5.41) is 7.15. The molecule has 0 unspecified atom stereocenters. The number of aryl methyl sites for hydroxylation is 1. The van der Waals surface area contributed by atoms with Gasteiger partial charge in [-0.05, 0) is 75.2 Å². The lowest BCUT2D eigenvalue weighted by atomic mass is 9.93. The van der Waals surface area contributed by atoms with E-state index in [0.29, 0.717) is 53.3 Å². The molecule has 0 aliphatic heterocycles. The second kappa shape index (κ2) is 10.7. The minimum atomic E-state index is -0.418. The van der Waals surface area contributed by atoms with E-state index in [2.05, 4.69) is 31.8 Å². The zero-order valence-electron chi connectivity index (χ0n) is 19.3. The molecule has 2 amide bonds. The number of hydrazone groups is 1. The number of nitrogens with zero attached hydrogens (tertiary/aromatic N) is 1. The lowest BCUT2D eigenvalue weighted by Crippen LogP contribution is -2.22. The van der Waals surface area contributed by atoms with Crippen LogP contribution in [0.5, 0.6) is 0 Å². The van der Waals surface area contributed by atoms with Crippen LogP contribution in [0.1, 0.15) is 67.9 Å². The topological polar surface area (TPSA) is 110 Å². The van der Waals surface area contributed by atoms with Gasteiger partial charge in [-0.1, -0.05) is 15.9 Å². The van der Waals surface area contributed by atoms with Crippen molar-refractivity contribution in [2.24, 2.45) is 5.10 Å². The molecular formula is C26H24BrN3O5. The second-order valence-corrected chi connectivity index (χ2v) is 8.88. The summed E-state index contributed by atoms with van der Waals surface area (Å²) in [6.45, 7) is 3.84. The molecule has 0 spiro atoms. The van der Waals surface area contributed by atoms with Crippen LogP contribution in [0, 0.1) is 6.92 Å². The first-order valence-corrected chi connectivity index (χ1v) is 12.0. The van der Waals surface area contributed by atoms with Gasteiger partial charge in [0, 0.05) is 33.3 Å². The third kappa shape index (κ3) is 5.51. The zero-order chi connectivity index (χ0) is 24.9. The number of carbonyl (C=O) groups is 3. The Morgan fingerprint density at radius 3 is 2.37 bits per heavy atom. The maximum Gasteiger partial charge on any atom is 0.338 e. The van der Waals surface area contributed by atoms with Crippen LogP contribution in [0.3, 0.4) is 0 Å². The van der Waals surface area contributed by atoms with E-state index in [-0.39, 0.29) is 11.7 Å². The summed E-state index contributed by atoms with van der Waals surface area (Å²) in [5.74, 6) is -0.271. The lowest BCUT2D eigenvalue weighted by molar-refractivity contribution is 0.0526. The highest BCUT2D eigenvalue weighted by molar-refractivity contribution is 9.10. The molecule has 0 saturated carbocycles. The van der Waals surface area contributed by atoms with Crippen LogP contribution in [0.25, 0.3) is 0 Å². The number of hydrogen-bond donors (Lipinski definition) is 2. The summed E-state index contributed by atoms with van der Waals surface area (Å²) in [6.07, 6.45) is 2.13. The van der Waals surface area contributed by atoms with Gasteiger partial charge in [-0.2, -0.15) is 5.10 Å². The van der Waals surface area contributed by atoms with Gasteiger partial charge in [-0.15, -0.1) is 0 Å². The number of halogens is 1. The number of carbonyl (C=O) groups excluding carboxylic acids is 3. The molecule has 0 bridgehead atoms. The first kappa shape index (κ1) is 24.4. The average molecular weight is 538 g/mol. The molecule has 0 saturated heterocycles. The number of amides is 2. The summed E-state index contributed by atoms with van der Waals surface area (Å²) in [6, 6.07) is 13.4. The maximum atomic E-state index is 12.9. The molecule has 2 N–H and O–H groups in total. The lowest BCUT2D eigenvalue weighted by Gasteiger charge is -2.13. The molecule has 1 heterocycles. The van der Waals surface area contributed by atoms with Crippen molar-refractivity contribution in [1.29, 1.82) is 0 Å². The van der Waals surface area contributed by atoms with Gasteiger partial charge in [0.05, 0.1) is 17.9 Å². The molecule has 0 atom stereocenters. The van der Waals surface area contributed by atoms with Crippen LogP contribution < -0.4 is 10.7 Å². The van der Waals surface area contributed by atoms with Crippen LogP contribution >= 0.6 is 15.9 Å². The van der Waals surface area contributed by atoms with Gasteiger partial charge in [-0.3, -0.25) is 9.59 Å². The molecule has 2 aromatic carbocycles. The molecule has 1 aliphatic carbocycles. The van der Waals surface area contributed by atoms with Crippen molar-refractivity contribution in [1.82, 2.24) is 5.43 Å². The van der Waals surface area contributed by atoms with E-state index < -0.39 is 11.9 Å². The van der Waals surface area contributed by atoms with Crippen molar-refractivity contribution in [3.8, 4) is 0 Å². The Bertz CT molecular complexity index is 1290. The van der Waals surface area contributed by atoms with Crippen LogP contribution in [-0.2, 0) is 11.2 Å². The summed E-state index contributed by atoms with van der Waals surface area (Å²) < 4.78 is 11.8. The summed E-state index contributed by atoms with van der Waals surface area (Å²) in [7, 11) is 0. The van der Waals surface area contributed by atoms with E-state index in [4.69, 9.17) is 9.15 Å². The van der Waals surface area contributed by atoms with E-state index in [9.17, 15) is 14.4 Å². The standard InChI is InChI=1S/C26H24BrN3O5/c1-3-34-26(33)17-9-13-19(14-10-17)28-25(32)23-15(2)22-20(5-4-6-21(22)35-23)29-30-24(31)16-7-11-18(27)12-8-16/h7-14H,3-6H2,1-2H3,(H,28,32)(H,30,31)/b29-20+. The van der Waals surface area contributed by atoms with Crippen LogP contribution in [0.2, 0.25) is 0 Å². The number of benzene rings is 2. The first-order chi connectivity index (χ1) is 16.9. The minimum Gasteiger partial charge on any atom is -0.462 e. The van der Waals surface area contributed by atoms with Crippen molar-refractivity contribution in [2.75, 3.05) is 11.9 Å². The predicted octanol–water partition coefficient (Wildman–Crippen LogP) is 5.25. The molecule has 35 heavy (non-hydrogen) atoms. The monoisotopic (exact) mass is 537 g/mol. The fourth-order valence-electron chi connectivity index (χ4n) is 3.87.